The molecule has 13 nitrogen and oxygen atoms in total. The number of nitrogens with two attached hydrogens (primary N) is 2. The van der Waals surface area contributed by atoms with Gasteiger partial charge in [0.25, 0.3) is 0 Å². The van der Waals surface area contributed by atoms with Gasteiger partial charge in [0.1, 0.15) is 0 Å². The summed E-state index contributed by atoms with van der Waals surface area (Å²) < 4.78 is 0. The number of rotatable bonds is 13. The van der Waals surface area contributed by atoms with Crippen LogP contribution in [-0.2, 0) is 19.2 Å². The topological polar surface area (TPSA) is 228 Å². The van der Waals surface area contributed by atoms with Crippen molar-refractivity contribution in [3.63, 3.8) is 0 Å². The van der Waals surface area contributed by atoms with Crippen molar-refractivity contribution in [2.45, 2.75) is 6.10 Å². The molecule has 0 atom stereocenters. The zero-order chi connectivity index (χ0) is 20.7. The average Bonchev–Trinajstić information content (AvgIpc) is 2.50. The van der Waals surface area contributed by atoms with E-state index in [0.29, 0.717) is 0 Å². The van der Waals surface area contributed by atoms with Crippen molar-refractivity contribution in [2.24, 2.45) is 11.5 Å². The molecule has 9 N–H and O–H groups in total. The fourth-order valence-electron chi connectivity index (χ4n) is 1.57. The van der Waals surface area contributed by atoms with Crippen LogP contribution in [0.3, 0.4) is 0 Å². The molecule has 0 aromatic carbocycles. The minimum atomic E-state index is -1.23. The van der Waals surface area contributed by atoms with Gasteiger partial charge in [-0.2, -0.15) is 0 Å². The predicted molar refractivity (Wildman–Crippen MR) is 87.5 cm³/mol. The van der Waals surface area contributed by atoms with Gasteiger partial charge in [0.2, 0.25) is 0 Å². The Morgan fingerprint density at radius 2 is 0.885 bits per heavy atom. The molecule has 0 aromatic rings. The predicted octanol–water partition coefficient (Wildman–Crippen LogP) is -3.81. The van der Waals surface area contributed by atoms with Crippen LogP contribution in [0.25, 0.3) is 0 Å². The smallest absolute Gasteiger partial charge is 0.317 e. The molecule has 0 amide bonds. The van der Waals surface area contributed by atoms with E-state index in [4.69, 9.17) is 37.0 Å². The van der Waals surface area contributed by atoms with Crippen LogP contribution in [0.4, 0.5) is 0 Å². The molecule has 0 saturated carbocycles. The highest BCUT2D eigenvalue weighted by molar-refractivity contribution is 5.73. The van der Waals surface area contributed by atoms with Gasteiger partial charge < -0.3 is 37.0 Å². The lowest BCUT2D eigenvalue weighted by Crippen LogP contribution is -2.43. The second-order valence-corrected chi connectivity index (χ2v) is 5.12. The third-order valence-corrected chi connectivity index (χ3v) is 2.71. The SMILES string of the molecule is NCC(O)CN.O=C(O)CN(CCN(CC(=O)O)CC(=O)O)CC(=O)O. The van der Waals surface area contributed by atoms with E-state index in [1.54, 1.807) is 0 Å². The van der Waals surface area contributed by atoms with Gasteiger partial charge in [-0.25, -0.2) is 0 Å². The Morgan fingerprint density at radius 1 is 0.654 bits per heavy atom. The highest BCUT2D eigenvalue weighted by Crippen LogP contribution is 1.94. The third kappa shape index (κ3) is 18.0. The Hall–Kier alpha value is -2.32. The number of aliphatic hydroxyl groups excluding tert-OH is 1. The number of carbonyl (C=O) groups is 4. The van der Waals surface area contributed by atoms with Crippen LogP contribution in [0.1, 0.15) is 0 Å². The number of nitrogens with zero attached hydrogens (tertiary/aromatic N) is 2. The van der Waals surface area contributed by atoms with Crippen molar-refractivity contribution in [3.8, 4) is 0 Å². The highest BCUT2D eigenvalue weighted by Gasteiger charge is 2.17. The van der Waals surface area contributed by atoms with Gasteiger partial charge in [0, 0.05) is 26.2 Å². The van der Waals surface area contributed by atoms with Crippen LogP contribution in [0.15, 0.2) is 0 Å². The molecule has 0 unspecified atom stereocenters. The number of aliphatic carboxylic acids is 4. The van der Waals surface area contributed by atoms with Crippen molar-refractivity contribution in [1.29, 1.82) is 0 Å². The van der Waals surface area contributed by atoms with Gasteiger partial charge >= 0.3 is 23.9 Å². The number of carboxylic acid groups (broad SMARTS) is 4. The minimum absolute atomic E-state index is 0.0703. The summed E-state index contributed by atoms with van der Waals surface area (Å²) in [6.45, 7) is -1.73. The molecule has 0 aliphatic heterocycles. The molecule has 152 valence electrons. The fraction of sp³-hybridized carbons (Fsp3) is 0.692. The van der Waals surface area contributed by atoms with Crippen molar-refractivity contribution in [3.05, 3.63) is 0 Å². The van der Waals surface area contributed by atoms with Crippen molar-refractivity contribution >= 4 is 23.9 Å². The first kappa shape index (κ1) is 25.9. The zero-order valence-electron chi connectivity index (χ0n) is 14.2. The number of carboxylic acids is 4. The second-order valence-electron chi connectivity index (χ2n) is 5.12. The van der Waals surface area contributed by atoms with Crippen LogP contribution in [0.2, 0.25) is 0 Å². The molecule has 26 heavy (non-hydrogen) atoms. The lowest BCUT2D eigenvalue weighted by Gasteiger charge is -2.23. The monoisotopic (exact) mass is 382 g/mol. The van der Waals surface area contributed by atoms with Crippen LogP contribution >= 0.6 is 0 Å². The lowest BCUT2D eigenvalue weighted by atomic mass is 10.4. The Kier molecular flexibility index (Phi) is 14.9. The lowest BCUT2D eigenvalue weighted by molar-refractivity contribution is -0.145. The molecular weight excluding hydrogens is 356 g/mol. The van der Waals surface area contributed by atoms with E-state index in [0.717, 1.165) is 9.80 Å². The first-order valence-corrected chi connectivity index (χ1v) is 7.41. The van der Waals surface area contributed by atoms with Crippen molar-refractivity contribution < 1.29 is 44.7 Å². The van der Waals surface area contributed by atoms with Crippen LogP contribution < -0.4 is 11.5 Å². The van der Waals surface area contributed by atoms with E-state index >= 15 is 0 Å². The molecule has 0 radical (unpaired) electrons. The Balaban J connectivity index is 0. The van der Waals surface area contributed by atoms with Gasteiger partial charge in [-0.3, -0.25) is 29.0 Å². The van der Waals surface area contributed by atoms with Gasteiger partial charge in [-0.05, 0) is 0 Å². The standard InChI is InChI=1S/C10H16N2O8.C3H10N2O/c13-7(14)3-11(4-8(15)16)1-2-12(5-9(17)18)6-10(19)20;4-1-3(6)2-5/h1-6H2,(H,13,14)(H,15,16)(H,17,18)(H,19,20);3,6H,1-2,4-5H2. The molecule has 0 spiro atoms. The highest BCUT2D eigenvalue weighted by atomic mass is 16.4. The maximum atomic E-state index is 10.6. The Bertz CT molecular complexity index is 389. The van der Waals surface area contributed by atoms with Gasteiger partial charge in [0.15, 0.2) is 0 Å². The van der Waals surface area contributed by atoms with Crippen molar-refractivity contribution in [1.82, 2.24) is 9.80 Å². The molecule has 13 heteroatoms. The van der Waals surface area contributed by atoms with E-state index < -0.39 is 56.2 Å². The molecule has 0 fully saturated rings. The van der Waals surface area contributed by atoms with Crippen LogP contribution in [-0.4, -0.2) is 118 Å². The van der Waals surface area contributed by atoms with E-state index in [2.05, 4.69) is 0 Å². The first-order valence-electron chi connectivity index (χ1n) is 7.41. The Morgan fingerprint density at radius 3 is 1.00 bits per heavy atom. The summed E-state index contributed by atoms with van der Waals surface area (Å²) in [5.74, 6) is -4.91. The average molecular weight is 382 g/mol. The summed E-state index contributed by atoms with van der Waals surface area (Å²) in [7, 11) is 0. The Labute approximate surface area is 149 Å². The largest absolute Gasteiger partial charge is 0.480 e. The number of hydrogen-bond acceptors (Lipinski definition) is 9. The van der Waals surface area contributed by atoms with Crippen molar-refractivity contribution in [2.75, 3.05) is 52.4 Å². The van der Waals surface area contributed by atoms with Gasteiger partial charge in [0.05, 0.1) is 32.3 Å². The summed E-state index contributed by atoms with van der Waals surface area (Å²) in [5.41, 5.74) is 9.91. The number of hydrogen-bond donors (Lipinski definition) is 7. The molecule has 0 saturated heterocycles. The summed E-state index contributed by atoms with van der Waals surface area (Å²) in [6, 6.07) is 0. The second kappa shape index (κ2) is 15.0. The molecule has 0 aromatic heterocycles. The number of aliphatic hydroxyl groups is 1. The maximum absolute atomic E-state index is 10.6. The van der Waals surface area contributed by atoms with E-state index in [1.165, 1.54) is 0 Å². The summed E-state index contributed by atoms with van der Waals surface area (Å²) in [4.78, 5) is 44.4. The van der Waals surface area contributed by atoms with Crippen LogP contribution in [0.5, 0.6) is 0 Å². The maximum Gasteiger partial charge on any atom is 0.317 e. The van der Waals surface area contributed by atoms with E-state index in [-0.39, 0.29) is 26.2 Å². The van der Waals surface area contributed by atoms with E-state index in [9.17, 15) is 19.2 Å². The summed E-state index contributed by atoms with van der Waals surface area (Å²) >= 11 is 0. The summed E-state index contributed by atoms with van der Waals surface area (Å²) in [6.07, 6.45) is -0.509. The molecule has 0 rings (SSSR count). The normalized spacial score (nSPS) is 10.5. The molecule has 0 bridgehead atoms. The fourth-order valence-corrected chi connectivity index (χ4v) is 1.57. The zero-order valence-corrected chi connectivity index (χ0v) is 14.2. The van der Waals surface area contributed by atoms with Gasteiger partial charge in [-0.15, -0.1) is 0 Å². The quantitative estimate of drug-likeness (QED) is 0.162. The molecule has 0 heterocycles. The van der Waals surface area contributed by atoms with Gasteiger partial charge in [-0.1, -0.05) is 0 Å². The molecule has 0 aliphatic carbocycles. The van der Waals surface area contributed by atoms with Crippen LogP contribution in [0, 0.1) is 0 Å². The molecule has 0 aliphatic rings. The minimum Gasteiger partial charge on any atom is -0.480 e. The first-order chi connectivity index (χ1) is 12.0. The summed E-state index contributed by atoms with van der Waals surface area (Å²) in [5, 5.41) is 42.9. The third-order valence-electron chi connectivity index (χ3n) is 2.71. The molecular formula is C13H26N4O9. The van der Waals surface area contributed by atoms with E-state index in [1.807, 2.05) is 0 Å².